The van der Waals surface area contributed by atoms with Gasteiger partial charge in [-0.3, -0.25) is 9.89 Å². The van der Waals surface area contributed by atoms with E-state index in [1.807, 2.05) is 6.07 Å². The third kappa shape index (κ3) is 3.78. The zero-order valence-electron chi connectivity index (χ0n) is 16.8. The van der Waals surface area contributed by atoms with E-state index in [4.69, 9.17) is 9.15 Å². The zero-order valence-corrected chi connectivity index (χ0v) is 16.8. The lowest BCUT2D eigenvalue weighted by Crippen LogP contribution is -2.36. The summed E-state index contributed by atoms with van der Waals surface area (Å²) in [5, 5.41) is 9.72. The molecule has 0 spiro atoms. The molecule has 0 aliphatic carbocycles. The minimum Gasteiger partial charge on any atom is -0.451 e. The number of ether oxygens (including phenoxy) is 1. The van der Waals surface area contributed by atoms with Crippen molar-refractivity contribution in [3.63, 3.8) is 0 Å². The Morgan fingerprint density at radius 3 is 2.63 bits per heavy atom. The predicted octanol–water partition coefficient (Wildman–Crippen LogP) is 3.36. The first-order chi connectivity index (χ1) is 14.8. The van der Waals surface area contributed by atoms with Gasteiger partial charge in [0.25, 0.3) is 5.91 Å². The van der Waals surface area contributed by atoms with Crippen LogP contribution in [-0.2, 0) is 4.74 Å². The Kier molecular flexibility index (Phi) is 5.15. The number of anilines is 3. The maximum Gasteiger partial charge on any atom is 0.291 e. The van der Waals surface area contributed by atoms with E-state index in [2.05, 4.69) is 37.4 Å². The molecule has 8 nitrogen and oxygen atoms in total. The number of benzene rings is 1. The maximum absolute atomic E-state index is 12.9. The second-order valence-corrected chi connectivity index (χ2v) is 7.60. The van der Waals surface area contributed by atoms with Crippen LogP contribution in [0.3, 0.4) is 0 Å². The zero-order chi connectivity index (χ0) is 20.3. The van der Waals surface area contributed by atoms with Gasteiger partial charge in [0.2, 0.25) is 0 Å². The predicted molar refractivity (Wildman–Crippen MR) is 115 cm³/mol. The average molecular weight is 407 g/mol. The molecule has 0 saturated carbocycles. The second-order valence-electron chi connectivity index (χ2n) is 7.60. The molecular weight excluding hydrogens is 382 g/mol. The summed E-state index contributed by atoms with van der Waals surface area (Å²) in [6.45, 7) is 5.26. The molecule has 2 saturated heterocycles. The molecule has 0 bridgehead atoms. The van der Waals surface area contributed by atoms with Gasteiger partial charge in [-0.15, -0.1) is 0 Å². The minimum atomic E-state index is -0.260. The Bertz CT molecular complexity index is 1000. The lowest BCUT2D eigenvalue weighted by atomic mass is 10.2. The molecule has 2 aliphatic rings. The highest BCUT2D eigenvalue weighted by Crippen LogP contribution is 2.34. The molecule has 0 unspecified atom stereocenters. The van der Waals surface area contributed by atoms with Crippen molar-refractivity contribution in [3.05, 3.63) is 48.5 Å². The Morgan fingerprint density at radius 2 is 1.87 bits per heavy atom. The van der Waals surface area contributed by atoms with Gasteiger partial charge in [-0.1, -0.05) is 0 Å². The minimum absolute atomic E-state index is 0.260. The Labute approximate surface area is 174 Å². The fourth-order valence-electron chi connectivity index (χ4n) is 4.05. The van der Waals surface area contributed by atoms with Gasteiger partial charge in [-0.2, -0.15) is 5.10 Å². The van der Waals surface area contributed by atoms with Crippen molar-refractivity contribution in [1.82, 2.24) is 10.2 Å². The Balaban J connectivity index is 1.39. The van der Waals surface area contributed by atoms with Crippen LogP contribution in [-0.4, -0.2) is 55.5 Å². The number of furan rings is 1. The lowest BCUT2D eigenvalue weighted by molar-refractivity contribution is 0.0997. The number of nitrogens with one attached hydrogen (secondary N) is 2. The number of aromatic amines is 1. The van der Waals surface area contributed by atoms with E-state index in [1.165, 1.54) is 18.5 Å². The number of aromatic nitrogens is 2. The van der Waals surface area contributed by atoms with Gasteiger partial charge in [-0.25, -0.2) is 0 Å². The molecule has 0 atom stereocenters. The summed E-state index contributed by atoms with van der Waals surface area (Å²) < 4.78 is 11.2. The Hall–Kier alpha value is -3.26. The lowest BCUT2D eigenvalue weighted by Gasteiger charge is -2.31. The molecule has 5 rings (SSSR count). The normalized spacial score (nSPS) is 16.8. The van der Waals surface area contributed by atoms with Gasteiger partial charge in [-0.05, 0) is 43.2 Å². The van der Waals surface area contributed by atoms with Gasteiger partial charge < -0.3 is 24.3 Å². The standard InChI is InChI=1S/C22H25N5O3/c28-22(21-6-5-20(30-21)16-14-23-24-15-16)25-18-4-3-17(26-9-11-29-12-10-26)13-19(18)27-7-1-2-8-27/h3-6,13-15H,1-2,7-12H2,(H,23,24)(H,25,28). The molecule has 2 fully saturated rings. The summed E-state index contributed by atoms with van der Waals surface area (Å²) in [6, 6.07) is 9.72. The van der Waals surface area contributed by atoms with Crippen LogP contribution in [0.15, 0.2) is 47.1 Å². The molecule has 2 N–H and O–H groups in total. The monoisotopic (exact) mass is 407 g/mol. The van der Waals surface area contributed by atoms with Crippen LogP contribution in [0.2, 0.25) is 0 Å². The Morgan fingerprint density at radius 1 is 1.03 bits per heavy atom. The second kappa shape index (κ2) is 8.23. The van der Waals surface area contributed by atoms with Crippen LogP contribution in [0.25, 0.3) is 11.3 Å². The quantitative estimate of drug-likeness (QED) is 0.675. The molecule has 3 aromatic rings. The third-order valence-electron chi connectivity index (χ3n) is 5.67. The summed E-state index contributed by atoms with van der Waals surface area (Å²) in [4.78, 5) is 17.6. The van der Waals surface area contributed by atoms with E-state index < -0.39 is 0 Å². The SMILES string of the molecule is O=C(Nc1ccc(N2CCOCC2)cc1N1CCCC1)c1ccc(-c2cn[nH]c2)o1. The molecule has 1 amide bonds. The van der Waals surface area contributed by atoms with Crippen molar-refractivity contribution in [2.75, 3.05) is 54.5 Å². The first-order valence-corrected chi connectivity index (χ1v) is 10.4. The highest BCUT2D eigenvalue weighted by atomic mass is 16.5. The molecule has 2 aliphatic heterocycles. The van der Waals surface area contributed by atoms with E-state index in [0.29, 0.717) is 5.76 Å². The van der Waals surface area contributed by atoms with Crippen molar-refractivity contribution in [2.24, 2.45) is 0 Å². The van der Waals surface area contributed by atoms with Crippen LogP contribution in [0, 0.1) is 0 Å². The summed E-state index contributed by atoms with van der Waals surface area (Å²) >= 11 is 0. The highest BCUT2D eigenvalue weighted by molar-refractivity contribution is 6.04. The van der Waals surface area contributed by atoms with Gasteiger partial charge in [0.15, 0.2) is 5.76 Å². The van der Waals surface area contributed by atoms with Crippen LogP contribution in [0.1, 0.15) is 23.4 Å². The molecular formula is C22H25N5O3. The largest absolute Gasteiger partial charge is 0.451 e. The first-order valence-electron chi connectivity index (χ1n) is 10.4. The van der Waals surface area contributed by atoms with Crippen molar-refractivity contribution in [3.8, 4) is 11.3 Å². The number of amides is 1. The molecule has 1 aromatic carbocycles. The number of morpholine rings is 1. The maximum atomic E-state index is 12.9. The van der Waals surface area contributed by atoms with E-state index in [1.54, 1.807) is 24.5 Å². The summed E-state index contributed by atoms with van der Waals surface area (Å²) in [5.74, 6) is 0.622. The fourth-order valence-corrected chi connectivity index (χ4v) is 4.05. The summed E-state index contributed by atoms with van der Waals surface area (Å²) in [6.07, 6.45) is 5.73. The number of H-pyrrole nitrogens is 1. The molecule has 0 radical (unpaired) electrons. The molecule has 2 aromatic heterocycles. The molecule has 30 heavy (non-hydrogen) atoms. The third-order valence-corrected chi connectivity index (χ3v) is 5.67. The van der Waals surface area contributed by atoms with Gasteiger partial charge in [0.05, 0.1) is 36.3 Å². The number of hydrogen-bond acceptors (Lipinski definition) is 6. The topological polar surface area (TPSA) is 86.6 Å². The average Bonchev–Trinajstić information content (AvgIpc) is 3.57. The van der Waals surface area contributed by atoms with Crippen LogP contribution >= 0.6 is 0 Å². The van der Waals surface area contributed by atoms with Gasteiger partial charge in [0, 0.05) is 38.1 Å². The van der Waals surface area contributed by atoms with Crippen molar-refractivity contribution in [2.45, 2.75) is 12.8 Å². The smallest absolute Gasteiger partial charge is 0.291 e. The van der Waals surface area contributed by atoms with Crippen LogP contribution in [0.5, 0.6) is 0 Å². The highest BCUT2D eigenvalue weighted by Gasteiger charge is 2.21. The van der Waals surface area contributed by atoms with Crippen molar-refractivity contribution >= 4 is 23.0 Å². The van der Waals surface area contributed by atoms with Gasteiger partial charge in [0.1, 0.15) is 5.76 Å². The van der Waals surface area contributed by atoms with E-state index in [9.17, 15) is 4.79 Å². The number of carbonyl (C=O) groups is 1. The molecule has 4 heterocycles. The number of carbonyl (C=O) groups excluding carboxylic acids is 1. The van der Waals surface area contributed by atoms with E-state index in [0.717, 1.165) is 56.3 Å². The summed E-state index contributed by atoms with van der Waals surface area (Å²) in [5.41, 5.74) is 3.84. The number of rotatable bonds is 5. The molecule has 156 valence electrons. The van der Waals surface area contributed by atoms with Crippen LogP contribution in [0.4, 0.5) is 17.1 Å². The van der Waals surface area contributed by atoms with E-state index in [-0.39, 0.29) is 11.7 Å². The van der Waals surface area contributed by atoms with Crippen molar-refractivity contribution < 1.29 is 13.9 Å². The fraction of sp³-hybridized carbons (Fsp3) is 0.364. The van der Waals surface area contributed by atoms with Crippen LogP contribution < -0.4 is 15.1 Å². The number of hydrogen-bond donors (Lipinski definition) is 2. The van der Waals surface area contributed by atoms with Crippen molar-refractivity contribution in [1.29, 1.82) is 0 Å². The summed E-state index contributed by atoms with van der Waals surface area (Å²) in [7, 11) is 0. The van der Waals surface area contributed by atoms with E-state index >= 15 is 0 Å². The first kappa shape index (κ1) is 18.7. The number of nitrogens with zero attached hydrogens (tertiary/aromatic N) is 3. The van der Waals surface area contributed by atoms with Gasteiger partial charge >= 0.3 is 0 Å². The molecule has 8 heteroatoms.